The van der Waals surface area contributed by atoms with Gasteiger partial charge in [0, 0.05) is 150 Å². The van der Waals surface area contributed by atoms with E-state index in [0.717, 1.165) is 27.6 Å². The molecular weight excluding hydrogens is 1810 g/mol. The number of benzene rings is 25. The molecule has 0 unspecified atom stereocenters. The Labute approximate surface area is 841 Å². The van der Waals surface area contributed by atoms with E-state index in [1.54, 1.807) is 0 Å². The molecule has 0 aliphatic heterocycles. The standard InChI is InChI=1S/C35H21N.C32H20N2.C26H15NS.C22H13NO.C22H13NS/c1-2-10-22-21(9-1)17-18-27-28-20-19-26-25-13-5-8-16-31(25)35(32(26)34(28)36-33(22)27)29-14-6-3-11-23(29)24-12-4-7-15-30(24)35;1-2-10-20(11-3-1)34-27-17-9-8-16-25(27)30-28(34)19-18-26-29-23-14-6-4-12-21(23)22-13-5-7-15-24(22)31(29)33-32(26)30;1-2-6-16-15(5-1)9-10-18-17(16)11-13-21-24(18)20-12-14-23-25(26(20)27-21)19-7-3-4-8-22(19)28-23;1-2-6-14-12-19-18(11-13(14)5-1)16-9-10-17-15-7-3-4-8-20(15)24-22(17)21(16)23-19;1-2-6-14-13(5-1)9-12-18-20(14)17-11-10-16-15-7-3-4-8-19(15)24-22(16)21(17)23-18/h1-20,36H;1-19,33H;1-14,27H;2*1-12,23H. The molecule has 5 N–H and O–H groups in total. The highest BCUT2D eigenvalue weighted by molar-refractivity contribution is 7.27. The van der Waals surface area contributed by atoms with E-state index in [-0.39, 0.29) is 5.41 Å². The molecule has 0 saturated heterocycles. The van der Waals surface area contributed by atoms with Gasteiger partial charge in [0.05, 0.1) is 59.8 Å². The summed E-state index contributed by atoms with van der Waals surface area (Å²) >= 11 is 3.75. The highest BCUT2D eigenvalue weighted by atomic mass is 32.1. The first-order valence-electron chi connectivity index (χ1n) is 50.2. The number of fused-ring (bicyclic) bond motifs is 56. The first kappa shape index (κ1) is 81.1. The molecule has 9 heteroatoms. The fourth-order valence-electron chi connectivity index (χ4n) is 25.8. The molecule has 0 bridgehead atoms. The molecule has 146 heavy (non-hydrogen) atoms. The molecule has 9 aromatic heterocycles. The van der Waals surface area contributed by atoms with Crippen LogP contribution in [0.2, 0.25) is 0 Å². The van der Waals surface area contributed by atoms with E-state index in [0.29, 0.717) is 0 Å². The van der Waals surface area contributed by atoms with Crippen molar-refractivity contribution in [1.29, 1.82) is 0 Å². The van der Waals surface area contributed by atoms with Gasteiger partial charge in [-0.2, -0.15) is 0 Å². The van der Waals surface area contributed by atoms with E-state index in [2.05, 4.69) is 484 Å². The molecule has 0 atom stereocenters. The summed E-state index contributed by atoms with van der Waals surface area (Å²) in [5, 5.41) is 41.3. The Morgan fingerprint density at radius 2 is 0.637 bits per heavy atom. The van der Waals surface area contributed by atoms with Crippen LogP contribution < -0.4 is 0 Å². The molecule has 0 radical (unpaired) electrons. The van der Waals surface area contributed by atoms with Gasteiger partial charge in [-0.15, -0.1) is 22.7 Å². The maximum atomic E-state index is 6.16. The maximum absolute atomic E-state index is 6.16. The van der Waals surface area contributed by atoms with Gasteiger partial charge in [0.15, 0.2) is 5.58 Å². The summed E-state index contributed by atoms with van der Waals surface area (Å²) in [7, 11) is 0. The van der Waals surface area contributed by atoms with E-state index in [9.17, 15) is 0 Å². The summed E-state index contributed by atoms with van der Waals surface area (Å²) in [5.74, 6) is 0. The lowest BCUT2D eigenvalue weighted by Gasteiger charge is -2.30. The minimum atomic E-state index is -0.338. The van der Waals surface area contributed by atoms with Crippen molar-refractivity contribution in [2.45, 2.75) is 5.41 Å². The SMILES string of the molecule is c1ccc(-n2c3ccccc3c3c4[nH]c5c6ccccc6c6ccccc6c5c4ccc32)cc1.c1ccc2c(c1)-c1ccccc1C21c2ccccc2-c2ccc3c([nH]c4c5ccccc5ccc34)c21.c1ccc2c(c1)ccc1[nH]c3c(ccc4c5ccccc5sc43)c12.c1ccc2c(c1)ccc1c2ccc2[nH]c3c(ccc4sc5ccccc5c43)c21.c1ccc2cc3c(cc2c1)[nH]c1c3ccc2c3ccccc3oc21. The number of aromatic amines is 5. The molecule has 0 saturated carbocycles. The van der Waals surface area contributed by atoms with Crippen LogP contribution >= 0.6 is 22.7 Å². The Bertz CT molecular complexity index is 11600. The Kier molecular flexibility index (Phi) is 17.3. The van der Waals surface area contributed by atoms with Gasteiger partial charge < -0.3 is 33.9 Å². The number of H-pyrrole nitrogens is 5. The number of rotatable bonds is 1. The summed E-state index contributed by atoms with van der Waals surface area (Å²) in [6.07, 6.45) is 0. The van der Waals surface area contributed by atoms with Crippen LogP contribution in [-0.2, 0) is 5.41 Å². The van der Waals surface area contributed by atoms with Gasteiger partial charge in [-0.1, -0.05) is 388 Å². The van der Waals surface area contributed by atoms with Crippen LogP contribution in [-0.4, -0.2) is 29.5 Å². The average Bonchev–Trinajstić information content (AvgIpc) is 1.49. The van der Waals surface area contributed by atoms with Crippen molar-refractivity contribution in [3.05, 3.63) is 489 Å². The highest BCUT2D eigenvalue weighted by Gasteiger charge is 2.53. The first-order valence-corrected chi connectivity index (χ1v) is 51.8. The van der Waals surface area contributed by atoms with Gasteiger partial charge >= 0.3 is 0 Å². The predicted octanol–water partition coefficient (Wildman–Crippen LogP) is 38.8. The number of thiophene rings is 2. The molecule has 7 nitrogen and oxygen atoms in total. The number of nitrogens with zero attached hydrogens (tertiary/aromatic N) is 1. The van der Waals surface area contributed by atoms with Crippen LogP contribution in [0.3, 0.4) is 0 Å². The Hall–Kier alpha value is -18.6. The highest BCUT2D eigenvalue weighted by Crippen LogP contribution is 2.65. The molecule has 678 valence electrons. The molecule has 1 spiro atoms. The van der Waals surface area contributed by atoms with Crippen molar-refractivity contribution >= 4 is 291 Å². The largest absolute Gasteiger partial charge is 0.454 e. The lowest BCUT2D eigenvalue weighted by molar-refractivity contribution is 0.672. The first-order chi connectivity index (χ1) is 72.4. The maximum Gasteiger partial charge on any atom is 0.159 e. The Morgan fingerprint density at radius 3 is 1.40 bits per heavy atom. The van der Waals surface area contributed by atoms with Crippen molar-refractivity contribution in [2.24, 2.45) is 0 Å². The zero-order valence-electron chi connectivity index (χ0n) is 78.6. The average molecular weight is 1890 g/mol. The Morgan fingerprint density at radius 1 is 0.199 bits per heavy atom. The van der Waals surface area contributed by atoms with Crippen LogP contribution in [0.25, 0.3) is 296 Å². The monoisotopic (exact) mass is 1890 g/mol. The van der Waals surface area contributed by atoms with Crippen molar-refractivity contribution in [1.82, 2.24) is 29.5 Å². The molecule has 2 aliphatic rings. The second-order valence-corrected chi connectivity index (χ2v) is 41.4. The third kappa shape index (κ3) is 11.6. The van der Waals surface area contributed by atoms with Gasteiger partial charge in [-0.05, 0) is 182 Å². The fraction of sp³-hybridized carbons (Fsp3) is 0.00730. The lowest BCUT2D eigenvalue weighted by Crippen LogP contribution is -2.26. The van der Waals surface area contributed by atoms with Gasteiger partial charge in [0.1, 0.15) is 5.58 Å². The van der Waals surface area contributed by atoms with Crippen LogP contribution in [0.5, 0.6) is 0 Å². The van der Waals surface area contributed by atoms with E-state index in [1.165, 1.54) is 291 Å². The summed E-state index contributed by atoms with van der Waals surface area (Å²) in [6.45, 7) is 0. The Balaban J connectivity index is 0.0000000820. The predicted molar refractivity (Wildman–Crippen MR) is 625 cm³/mol. The number of aromatic nitrogens is 6. The number of para-hydroxylation sites is 3. The molecule has 0 amide bonds. The summed E-state index contributed by atoms with van der Waals surface area (Å²) < 4.78 is 13.9. The number of nitrogens with one attached hydrogen (secondary N) is 5. The fourth-order valence-corrected chi connectivity index (χ4v) is 28.1. The van der Waals surface area contributed by atoms with Crippen molar-refractivity contribution in [2.75, 3.05) is 0 Å². The molecule has 25 aromatic carbocycles. The molecule has 0 fully saturated rings. The molecule has 2 aliphatic carbocycles. The molecule has 9 heterocycles. The zero-order valence-corrected chi connectivity index (χ0v) is 80.3. The number of furan rings is 1. The van der Waals surface area contributed by atoms with E-state index in [4.69, 9.17) is 4.42 Å². The van der Waals surface area contributed by atoms with Gasteiger partial charge in [-0.25, -0.2) is 0 Å². The molecule has 36 rings (SSSR count). The quantitative estimate of drug-likeness (QED) is 0.104. The summed E-state index contributed by atoms with van der Waals surface area (Å²) in [6, 6.07) is 169. The third-order valence-electron chi connectivity index (χ3n) is 31.9. The van der Waals surface area contributed by atoms with E-state index < -0.39 is 0 Å². The topological polar surface area (TPSA) is 97.0 Å². The lowest BCUT2D eigenvalue weighted by atomic mass is 9.70. The minimum absolute atomic E-state index is 0.338. The van der Waals surface area contributed by atoms with Crippen LogP contribution in [0.4, 0.5) is 0 Å². The number of hydrogen-bond acceptors (Lipinski definition) is 3. The molecule has 34 aromatic rings. The van der Waals surface area contributed by atoms with Crippen molar-refractivity contribution in [3.63, 3.8) is 0 Å². The summed E-state index contributed by atoms with van der Waals surface area (Å²) in [4.78, 5) is 18.9. The second kappa shape index (κ2) is 31.2. The van der Waals surface area contributed by atoms with Crippen molar-refractivity contribution < 1.29 is 4.42 Å². The minimum Gasteiger partial charge on any atom is -0.454 e. The smallest absolute Gasteiger partial charge is 0.159 e. The number of hydrogen-bond donors (Lipinski definition) is 5. The zero-order chi connectivity index (χ0) is 95.2. The van der Waals surface area contributed by atoms with Gasteiger partial charge in [-0.3, -0.25) is 0 Å². The third-order valence-corrected chi connectivity index (χ3v) is 34.3. The second-order valence-electron chi connectivity index (χ2n) is 39.3. The van der Waals surface area contributed by atoms with E-state index >= 15 is 0 Å². The van der Waals surface area contributed by atoms with Crippen LogP contribution in [0.15, 0.2) is 472 Å². The van der Waals surface area contributed by atoms with Gasteiger partial charge in [0.25, 0.3) is 0 Å². The summed E-state index contributed by atoms with van der Waals surface area (Å²) in [5.41, 5.74) is 28.1. The van der Waals surface area contributed by atoms with Crippen LogP contribution in [0, 0.1) is 0 Å². The van der Waals surface area contributed by atoms with E-state index in [1.807, 2.05) is 34.8 Å². The normalized spacial score (nSPS) is 12.7. The molecular formula is C137H82N6OS2. The van der Waals surface area contributed by atoms with Crippen molar-refractivity contribution in [3.8, 4) is 27.9 Å². The van der Waals surface area contributed by atoms with Crippen LogP contribution in [0.1, 0.15) is 22.3 Å². The van der Waals surface area contributed by atoms with Gasteiger partial charge in [0.2, 0.25) is 0 Å².